The highest BCUT2D eigenvalue weighted by molar-refractivity contribution is 5.87. The second-order valence-electron chi connectivity index (χ2n) is 9.22. The van der Waals surface area contributed by atoms with Gasteiger partial charge in [0.25, 0.3) is 0 Å². The SMILES string of the molecule is CC[N+]1(C)C2CC(OC(=O)C(C)(c3ccccc3)c3ccccc3)C[C@H]1[C@H]1OC21. The minimum absolute atomic E-state index is 0.0293. The first-order valence-electron chi connectivity index (χ1n) is 10.8. The summed E-state index contributed by atoms with van der Waals surface area (Å²) in [6.07, 6.45) is 2.49. The molecule has 0 aromatic heterocycles. The van der Waals surface area contributed by atoms with Gasteiger partial charge in [0, 0.05) is 12.8 Å². The van der Waals surface area contributed by atoms with Crippen LogP contribution in [0.25, 0.3) is 0 Å². The van der Waals surface area contributed by atoms with E-state index in [1.807, 2.05) is 67.6 Å². The summed E-state index contributed by atoms with van der Waals surface area (Å²) < 4.78 is 13.2. The van der Waals surface area contributed by atoms with Crippen molar-refractivity contribution in [3.63, 3.8) is 0 Å². The van der Waals surface area contributed by atoms with Crippen LogP contribution < -0.4 is 0 Å². The lowest BCUT2D eigenvalue weighted by Crippen LogP contribution is -2.62. The number of carbonyl (C=O) groups excluding carboxylic acids is 1. The number of fused-ring (bicyclic) bond motifs is 5. The molecule has 3 heterocycles. The maximum atomic E-state index is 13.6. The fraction of sp³-hybridized carbons (Fsp3) is 0.480. The molecule has 3 aliphatic heterocycles. The molecule has 2 bridgehead atoms. The summed E-state index contributed by atoms with van der Waals surface area (Å²) in [7, 11) is 2.35. The van der Waals surface area contributed by atoms with Crippen LogP contribution in [0.1, 0.15) is 37.8 Å². The summed E-state index contributed by atoms with van der Waals surface area (Å²) in [5, 5.41) is 0. The summed E-state index contributed by atoms with van der Waals surface area (Å²) in [6.45, 7) is 5.36. The Balaban J connectivity index is 1.42. The Bertz CT molecular complexity index is 839. The quantitative estimate of drug-likeness (QED) is 0.443. The predicted octanol–water partition coefficient (Wildman–Crippen LogP) is 3.68. The Morgan fingerprint density at radius 3 is 1.93 bits per heavy atom. The Kier molecular flexibility index (Phi) is 4.34. The van der Waals surface area contributed by atoms with E-state index < -0.39 is 5.41 Å². The third kappa shape index (κ3) is 2.77. The normalized spacial score (nSPS) is 35.1. The van der Waals surface area contributed by atoms with Crippen molar-refractivity contribution in [1.82, 2.24) is 0 Å². The molecule has 6 atom stereocenters. The number of morpholine rings is 1. The topological polar surface area (TPSA) is 38.8 Å². The number of rotatable bonds is 5. The summed E-state index contributed by atoms with van der Waals surface area (Å²) in [4.78, 5) is 13.6. The van der Waals surface area contributed by atoms with Crippen molar-refractivity contribution in [2.45, 2.75) is 62.5 Å². The fourth-order valence-electron chi connectivity index (χ4n) is 5.84. The monoisotopic (exact) mass is 392 g/mol. The first-order valence-corrected chi connectivity index (χ1v) is 10.8. The van der Waals surface area contributed by atoms with E-state index in [1.165, 1.54) is 0 Å². The average molecular weight is 393 g/mol. The van der Waals surface area contributed by atoms with Gasteiger partial charge in [0.1, 0.15) is 35.8 Å². The van der Waals surface area contributed by atoms with Gasteiger partial charge in [0.2, 0.25) is 0 Å². The number of hydrogen-bond donors (Lipinski definition) is 0. The zero-order valence-electron chi connectivity index (χ0n) is 17.5. The molecule has 2 aromatic rings. The molecule has 0 aliphatic carbocycles. The lowest BCUT2D eigenvalue weighted by Gasteiger charge is -2.48. The molecule has 2 aromatic carbocycles. The van der Waals surface area contributed by atoms with Gasteiger partial charge in [0.05, 0.1) is 13.6 Å². The molecule has 3 aliphatic rings. The molecule has 29 heavy (non-hydrogen) atoms. The molecule has 0 spiro atoms. The van der Waals surface area contributed by atoms with E-state index in [2.05, 4.69) is 14.0 Å². The summed E-state index contributed by atoms with van der Waals surface area (Å²) in [5.74, 6) is -0.151. The predicted molar refractivity (Wildman–Crippen MR) is 111 cm³/mol. The van der Waals surface area contributed by atoms with Crippen LogP contribution in [0.15, 0.2) is 60.7 Å². The van der Waals surface area contributed by atoms with E-state index in [1.54, 1.807) is 0 Å². The zero-order valence-corrected chi connectivity index (χ0v) is 17.5. The van der Waals surface area contributed by atoms with E-state index in [0.29, 0.717) is 24.3 Å². The Labute approximate surface area is 173 Å². The van der Waals surface area contributed by atoms with Crippen LogP contribution in [0.2, 0.25) is 0 Å². The van der Waals surface area contributed by atoms with Crippen LogP contribution in [-0.4, -0.2) is 54.4 Å². The van der Waals surface area contributed by atoms with Crippen LogP contribution >= 0.6 is 0 Å². The lowest BCUT2D eigenvalue weighted by atomic mass is 9.76. The molecule has 3 saturated heterocycles. The third-order valence-electron chi connectivity index (χ3n) is 7.91. The highest BCUT2D eigenvalue weighted by Gasteiger charge is 2.71. The number of hydrogen-bond acceptors (Lipinski definition) is 3. The molecule has 4 heteroatoms. The first kappa shape index (κ1) is 18.8. The minimum Gasteiger partial charge on any atom is -0.461 e. The van der Waals surface area contributed by atoms with Gasteiger partial charge in [-0.3, -0.25) is 4.79 Å². The van der Waals surface area contributed by atoms with Crippen LogP contribution in [-0.2, 0) is 19.7 Å². The number of benzene rings is 2. The van der Waals surface area contributed by atoms with Crippen LogP contribution in [0.4, 0.5) is 0 Å². The number of epoxide rings is 1. The molecule has 152 valence electrons. The maximum absolute atomic E-state index is 13.6. The first-order chi connectivity index (χ1) is 14.0. The van der Waals surface area contributed by atoms with E-state index in [0.717, 1.165) is 35.0 Å². The number of esters is 1. The molecule has 4 unspecified atom stereocenters. The van der Waals surface area contributed by atoms with Crippen LogP contribution in [0.3, 0.4) is 0 Å². The largest absolute Gasteiger partial charge is 0.461 e. The van der Waals surface area contributed by atoms with Crippen molar-refractivity contribution in [1.29, 1.82) is 0 Å². The fourth-order valence-corrected chi connectivity index (χ4v) is 5.84. The van der Waals surface area contributed by atoms with Gasteiger partial charge in [-0.25, -0.2) is 0 Å². The molecule has 0 N–H and O–H groups in total. The van der Waals surface area contributed by atoms with E-state index in [9.17, 15) is 4.79 Å². The number of nitrogens with zero attached hydrogens (tertiary/aromatic N) is 1. The van der Waals surface area contributed by atoms with Crippen molar-refractivity contribution in [3.05, 3.63) is 71.8 Å². The number of likely N-dealkylation sites (N-methyl/N-ethyl adjacent to an activating group) is 1. The van der Waals surface area contributed by atoms with Gasteiger partial charge < -0.3 is 14.0 Å². The smallest absolute Gasteiger partial charge is 0.321 e. The summed E-state index contributed by atoms with van der Waals surface area (Å²) in [5.41, 5.74) is 1.12. The maximum Gasteiger partial charge on any atom is 0.321 e. The molecule has 3 fully saturated rings. The zero-order chi connectivity index (χ0) is 20.2. The Morgan fingerprint density at radius 1 is 1.00 bits per heavy atom. The average Bonchev–Trinajstić information content (AvgIpc) is 3.53. The summed E-state index contributed by atoms with van der Waals surface area (Å²) >= 11 is 0. The van der Waals surface area contributed by atoms with Gasteiger partial charge in [-0.1, -0.05) is 60.7 Å². The van der Waals surface area contributed by atoms with Gasteiger partial charge in [-0.05, 0) is 25.0 Å². The molecule has 0 radical (unpaired) electrons. The van der Waals surface area contributed by atoms with Crippen molar-refractivity contribution < 1.29 is 18.8 Å². The highest BCUT2D eigenvalue weighted by Crippen LogP contribution is 2.52. The third-order valence-corrected chi connectivity index (χ3v) is 7.91. The van der Waals surface area contributed by atoms with E-state index in [-0.39, 0.29) is 12.1 Å². The number of quaternary nitrogens is 1. The van der Waals surface area contributed by atoms with Gasteiger partial charge in [-0.2, -0.15) is 0 Å². The minimum atomic E-state index is -0.818. The molecular formula is C25H30NO3+. The molecule has 0 amide bonds. The highest BCUT2D eigenvalue weighted by atomic mass is 16.6. The van der Waals surface area contributed by atoms with Gasteiger partial charge in [0.15, 0.2) is 0 Å². The van der Waals surface area contributed by atoms with E-state index in [4.69, 9.17) is 9.47 Å². The lowest BCUT2D eigenvalue weighted by molar-refractivity contribution is -0.954. The standard InChI is InChI=1S/C25H30NO3/c1-4-26(3)20-15-19(16-21(26)23-22(20)29-23)28-24(27)25(2,17-11-7-5-8-12-17)18-13-9-6-10-14-18/h5-14,19-23H,4,15-16H2,1-3H3/q+1/t19?,20-,21?,22+,23?,26?/m0/s1. The molecular weight excluding hydrogens is 362 g/mol. The number of carbonyl (C=O) groups is 1. The molecule has 4 nitrogen and oxygen atoms in total. The second-order valence-corrected chi connectivity index (χ2v) is 9.22. The molecule has 5 rings (SSSR count). The number of ether oxygens (including phenoxy) is 2. The van der Waals surface area contributed by atoms with Crippen LogP contribution in [0.5, 0.6) is 0 Å². The van der Waals surface area contributed by atoms with Crippen molar-refractivity contribution in [2.24, 2.45) is 0 Å². The van der Waals surface area contributed by atoms with Crippen molar-refractivity contribution >= 4 is 5.97 Å². The Hall–Kier alpha value is -2.17. The van der Waals surface area contributed by atoms with Gasteiger partial charge >= 0.3 is 5.97 Å². The Morgan fingerprint density at radius 2 is 1.48 bits per heavy atom. The van der Waals surface area contributed by atoms with E-state index >= 15 is 0 Å². The summed E-state index contributed by atoms with van der Waals surface area (Å²) in [6, 6.07) is 20.9. The second kappa shape index (κ2) is 6.68. The van der Waals surface area contributed by atoms with Crippen molar-refractivity contribution in [3.8, 4) is 0 Å². The van der Waals surface area contributed by atoms with Crippen molar-refractivity contribution in [2.75, 3.05) is 13.6 Å². The van der Waals surface area contributed by atoms with Crippen LogP contribution in [0, 0.1) is 0 Å². The molecule has 0 saturated carbocycles. The van der Waals surface area contributed by atoms with Gasteiger partial charge in [-0.15, -0.1) is 0 Å². The number of piperidine rings is 1.